The molecule has 0 aromatic rings. The van der Waals surface area contributed by atoms with Gasteiger partial charge in [-0.3, -0.25) is 4.79 Å². The lowest BCUT2D eigenvalue weighted by Gasteiger charge is -2.26. The minimum absolute atomic E-state index is 0.269. The highest BCUT2D eigenvalue weighted by Crippen LogP contribution is 2.18. The summed E-state index contributed by atoms with van der Waals surface area (Å²) in [6, 6.07) is 0.692. The van der Waals surface area contributed by atoms with Crippen molar-refractivity contribution in [3.8, 4) is 0 Å². The third-order valence-electron chi connectivity index (χ3n) is 3.33. The Balaban J connectivity index is 1.66. The number of carbonyl (C=O) groups excluding carboxylic acids is 1. The zero-order valence-electron chi connectivity index (χ0n) is 10.6. The number of methoxy groups -OCH3 is 1. The number of rotatable bonds is 6. The second kappa shape index (κ2) is 6.17. The van der Waals surface area contributed by atoms with Crippen LogP contribution in [0, 0.1) is 0 Å². The Morgan fingerprint density at radius 3 is 3.00 bits per heavy atom. The molecule has 1 amide bonds. The van der Waals surface area contributed by atoms with E-state index in [0.717, 1.165) is 26.1 Å². The second-order valence-corrected chi connectivity index (χ2v) is 4.86. The van der Waals surface area contributed by atoms with Crippen LogP contribution in [0.15, 0.2) is 11.6 Å². The van der Waals surface area contributed by atoms with Gasteiger partial charge < -0.3 is 15.0 Å². The van der Waals surface area contributed by atoms with Gasteiger partial charge in [-0.1, -0.05) is 6.08 Å². The fourth-order valence-corrected chi connectivity index (χ4v) is 2.08. The minimum atomic E-state index is 0.269. The van der Waals surface area contributed by atoms with Crippen molar-refractivity contribution < 1.29 is 9.53 Å². The van der Waals surface area contributed by atoms with Crippen LogP contribution in [0.1, 0.15) is 25.7 Å². The molecular weight excluding hydrogens is 216 g/mol. The lowest BCUT2D eigenvalue weighted by molar-refractivity contribution is -0.130. The summed E-state index contributed by atoms with van der Waals surface area (Å²) in [5, 5.41) is 3.37. The third-order valence-corrected chi connectivity index (χ3v) is 3.33. The van der Waals surface area contributed by atoms with Crippen molar-refractivity contribution >= 4 is 5.91 Å². The first kappa shape index (κ1) is 12.6. The Kier molecular flexibility index (Phi) is 4.57. The highest BCUT2D eigenvalue weighted by atomic mass is 16.5. The zero-order chi connectivity index (χ0) is 12.1. The van der Waals surface area contributed by atoms with Crippen LogP contribution in [0.25, 0.3) is 0 Å². The highest BCUT2D eigenvalue weighted by molar-refractivity contribution is 5.76. The van der Waals surface area contributed by atoms with Gasteiger partial charge in [0, 0.05) is 39.2 Å². The topological polar surface area (TPSA) is 41.6 Å². The molecule has 17 heavy (non-hydrogen) atoms. The lowest BCUT2D eigenvalue weighted by atomic mass is 10.1. The van der Waals surface area contributed by atoms with Crippen LogP contribution in [0.5, 0.6) is 0 Å². The van der Waals surface area contributed by atoms with Crippen LogP contribution < -0.4 is 5.32 Å². The molecule has 2 aliphatic rings. The van der Waals surface area contributed by atoms with E-state index < -0.39 is 0 Å². The predicted octanol–water partition coefficient (Wildman–Crippen LogP) is 0.934. The van der Waals surface area contributed by atoms with E-state index in [1.54, 1.807) is 7.11 Å². The van der Waals surface area contributed by atoms with E-state index in [0.29, 0.717) is 19.1 Å². The van der Waals surface area contributed by atoms with Gasteiger partial charge in [0.05, 0.1) is 6.61 Å². The van der Waals surface area contributed by atoms with E-state index in [4.69, 9.17) is 4.74 Å². The maximum absolute atomic E-state index is 11.9. The Hall–Kier alpha value is -0.870. The fraction of sp³-hybridized carbons (Fsp3) is 0.769. The van der Waals surface area contributed by atoms with Crippen LogP contribution in [-0.2, 0) is 9.53 Å². The SMILES string of the molecule is COCC1=CCN(C(=O)CCNC2CC2)CC1. The van der Waals surface area contributed by atoms with Gasteiger partial charge in [0.1, 0.15) is 0 Å². The molecule has 1 fully saturated rings. The molecule has 1 heterocycles. The van der Waals surface area contributed by atoms with Crippen LogP contribution in [0.2, 0.25) is 0 Å². The average Bonchev–Trinajstić information content (AvgIpc) is 3.14. The fourth-order valence-electron chi connectivity index (χ4n) is 2.08. The molecule has 1 aliphatic carbocycles. The number of amides is 1. The number of carbonyl (C=O) groups is 1. The van der Waals surface area contributed by atoms with Crippen LogP contribution in [0.3, 0.4) is 0 Å². The molecule has 0 aromatic carbocycles. The van der Waals surface area contributed by atoms with Crippen molar-refractivity contribution in [3.05, 3.63) is 11.6 Å². The van der Waals surface area contributed by atoms with E-state index in [9.17, 15) is 4.79 Å². The zero-order valence-corrected chi connectivity index (χ0v) is 10.6. The molecule has 1 N–H and O–H groups in total. The summed E-state index contributed by atoms with van der Waals surface area (Å²) in [5.41, 5.74) is 1.31. The van der Waals surface area contributed by atoms with Crippen molar-refractivity contribution in [2.24, 2.45) is 0 Å². The molecule has 0 unspecified atom stereocenters. The minimum Gasteiger partial charge on any atom is -0.380 e. The molecule has 2 rings (SSSR count). The first-order valence-electron chi connectivity index (χ1n) is 6.47. The standard InChI is InChI=1S/C13H22N2O2/c1-17-10-11-5-8-15(9-6-11)13(16)4-7-14-12-2-3-12/h5,12,14H,2-4,6-10H2,1H3. The Morgan fingerprint density at radius 2 is 2.41 bits per heavy atom. The molecule has 96 valence electrons. The third kappa shape index (κ3) is 4.13. The molecule has 0 spiro atoms. The molecule has 0 radical (unpaired) electrons. The molecular formula is C13H22N2O2. The predicted molar refractivity (Wildman–Crippen MR) is 66.8 cm³/mol. The van der Waals surface area contributed by atoms with Gasteiger partial charge in [-0.05, 0) is 24.8 Å². The van der Waals surface area contributed by atoms with Gasteiger partial charge >= 0.3 is 0 Å². The number of hydrogen-bond donors (Lipinski definition) is 1. The smallest absolute Gasteiger partial charge is 0.224 e. The Morgan fingerprint density at radius 1 is 1.59 bits per heavy atom. The second-order valence-electron chi connectivity index (χ2n) is 4.86. The van der Waals surface area contributed by atoms with Gasteiger partial charge in [0.2, 0.25) is 5.91 Å². The van der Waals surface area contributed by atoms with Gasteiger partial charge in [-0.25, -0.2) is 0 Å². The summed E-state index contributed by atoms with van der Waals surface area (Å²) in [7, 11) is 1.71. The van der Waals surface area contributed by atoms with E-state index in [1.165, 1.54) is 18.4 Å². The highest BCUT2D eigenvalue weighted by Gasteiger charge is 2.21. The summed E-state index contributed by atoms with van der Waals surface area (Å²) in [5.74, 6) is 0.269. The molecule has 0 bridgehead atoms. The first-order valence-corrected chi connectivity index (χ1v) is 6.47. The summed E-state index contributed by atoms with van der Waals surface area (Å²) >= 11 is 0. The van der Waals surface area contributed by atoms with Crippen molar-refractivity contribution in [2.75, 3.05) is 33.4 Å². The Bertz CT molecular complexity index is 298. The number of hydrogen-bond acceptors (Lipinski definition) is 3. The van der Waals surface area contributed by atoms with E-state index >= 15 is 0 Å². The van der Waals surface area contributed by atoms with E-state index in [1.807, 2.05) is 4.90 Å². The van der Waals surface area contributed by atoms with Crippen LogP contribution in [-0.4, -0.2) is 50.2 Å². The maximum atomic E-state index is 11.9. The first-order chi connectivity index (χ1) is 8.29. The molecule has 4 heteroatoms. The average molecular weight is 238 g/mol. The normalized spacial score (nSPS) is 20.3. The van der Waals surface area contributed by atoms with Crippen molar-refractivity contribution in [1.29, 1.82) is 0 Å². The van der Waals surface area contributed by atoms with Gasteiger partial charge in [-0.15, -0.1) is 0 Å². The summed E-state index contributed by atoms with van der Waals surface area (Å²) in [4.78, 5) is 13.8. The maximum Gasteiger partial charge on any atom is 0.224 e. The number of nitrogens with one attached hydrogen (secondary N) is 1. The summed E-state index contributed by atoms with van der Waals surface area (Å²) in [6.45, 7) is 3.12. The van der Waals surface area contributed by atoms with Crippen molar-refractivity contribution in [1.82, 2.24) is 10.2 Å². The summed E-state index contributed by atoms with van der Waals surface area (Å²) in [6.07, 6.45) is 6.26. The van der Waals surface area contributed by atoms with Gasteiger partial charge in [0.25, 0.3) is 0 Å². The lowest BCUT2D eigenvalue weighted by Crippen LogP contribution is -2.37. The van der Waals surface area contributed by atoms with E-state index in [2.05, 4.69) is 11.4 Å². The quantitative estimate of drug-likeness (QED) is 0.700. The van der Waals surface area contributed by atoms with E-state index in [-0.39, 0.29) is 5.91 Å². The largest absolute Gasteiger partial charge is 0.380 e. The molecule has 0 saturated heterocycles. The number of ether oxygens (including phenoxy) is 1. The van der Waals surface area contributed by atoms with Crippen molar-refractivity contribution in [3.63, 3.8) is 0 Å². The van der Waals surface area contributed by atoms with Gasteiger partial charge in [-0.2, -0.15) is 0 Å². The van der Waals surface area contributed by atoms with Crippen LogP contribution >= 0.6 is 0 Å². The molecule has 0 atom stereocenters. The summed E-state index contributed by atoms with van der Waals surface area (Å²) < 4.78 is 5.09. The monoisotopic (exact) mass is 238 g/mol. The molecule has 0 aromatic heterocycles. The molecule has 1 saturated carbocycles. The Labute approximate surface area is 103 Å². The molecule has 1 aliphatic heterocycles. The molecule has 4 nitrogen and oxygen atoms in total. The van der Waals surface area contributed by atoms with Gasteiger partial charge in [0.15, 0.2) is 0 Å². The van der Waals surface area contributed by atoms with Crippen molar-refractivity contribution in [2.45, 2.75) is 31.7 Å². The van der Waals surface area contributed by atoms with Crippen LogP contribution in [0.4, 0.5) is 0 Å². The number of nitrogens with zero attached hydrogens (tertiary/aromatic N) is 1.